The van der Waals surface area contributed by atoms with Gasteiger partial charge in [0.15, 0.2) is 0 Å². The van der Waals surface area contributed by atoms with E-state index in [2.05, 4.69) is 0 Å². The van der Waals surface area contributed by atoms with E-state index in [0.29, 0.717) is 21.8 Å². The fourth-order valence-corrected chi connectivity index (χ4v) is 2.84. The van der Waals surface area contributed by atoms with Gasteiger partial charge in [0.1, 0.15) is 16.4 Å². The summed E-state index contributed by atoms with van der Waals surface area (Å²) < 4.78 is 18.9. The number of methoxy groups -OCH3 is 1. The van der Waals surface area contributed by atoms with Crippen molar-refractivity contribution in [2.24, 2.45) is 0 Å². The van der Waals surface area contributed by atoms with Crippen LogP contribution in [-0.4, -0.2) is 18.2 Å². The predicted octanol–water partition coefficient (Wildman–Crippen LogP) is 3.15. The first-order chi connectivity index (χ1) is 8.95. The number of rotatable bonds is 3. The number of carboxylic acids is 1. The second-order valence-corrected chi connectivity index (χ2v) is 4.97. The molecule has 0 amide bonds. The van der Waals surface area contributed by atoms with E-state index < -0.39 is 11.8 Å². The average Bonchev–Trinajstić information content (AvgIpc) is 2.66. The molecule has 0 atom stereocenters. The number of halogens is 1. The normalized spacial score (nSPS) is 10.5. The highest BCUT2D eigenvalue weighted by molar-refractivity contribution is 7.18. The average molecular weight is 281 g/mol. The van der Waals surface area contributed by atoms with Crippen LogP contribution in [0.1, 0.15) is 15.2 Å². The Labute approximate surface area is 113 Å². The summed E-state index contributed by atoms with van der Waals surface area (Å²) in [5.74, 6) is -1.17. The fraction of sp³-hybridized carbons (Fsp3) is 0.154. The molecular weight excluding hydrogens is 269 g/mol. The molecule has 1 aromatic carbocycles. The summed E-state index contributed by atoms with van der Waals surface area (Å²) in [6.07, 6.45) is 0. The Bertz CT molecular complexity index is 652. The molecule has 0 radical (unpaired) electrons. The van der Waals surface area contributed by atoms with Gasteiger partial charge in [-0.1, -0.05) is 0 Å². The Morgan fingerprint density at radius 2 is 2.16 bits per heavy atom. The molecule has 0 aliphatic carbocycles. The number of thiophene rings is 1. The molecular formula is C13H12FNO3S. The minimum absolute atomic E-state index is 0.0303. The molecule has 3 N–H and O–H groups in total. The van der Waals surface area contributed by atoms with Crippen LogP contribution in [0.4, 0.5) is 10.1 Å². The maximum atomic E-state index is 14.0. The molecule has 100 valence electrons. The third kappa shape index (κ3) is 2.26. The summed E-state index contributed by atoms with van der Waals surface area (Å²) in [6.45, 7) is 1.68. The van der Waals surface area contributed by atoms with E-state index >= 15 is 0 Å². The van der Waals surface area contributed by atoms with Crippen molar-refractivity contribution < 1.29 is 19.0 Å². The Morgan fingerprint density at radius 3 is 2.63 bits per heavy atom. The smallest absolute Gasteiger partial charge is 0.348 e. The first kappa shape index (κ1) is 13.4. The summed E-state index contributed by atoms with van der Waals surface area (Å²) >= 11 is 0.970. The Hall–Kier alpha value is -2.08. The third-order valence-electron chi connectivity index (χ3n) is 2.81. The van der Waals surface area contributed by atoms with E-state index in [1.54, 1.807) is 19.1 Å². The number of benzene rings is 1. The van der Waals surface area contributed by atoms with E-state index in [1.165, 1.54) is 13.2 Å². The Kier molecular flexibility index (Phi) is 3.44. The Morgan fingerprint density at radius 1 is 1.47 bits per heavy atom. The molecule has 0 aliphatic rings. The van der Waals surface area contributed by atoms with E-state index in [9.17, 15) is 9.18 Å². The lowest BCUT2D eigenvalue weighted by Crippen LogP contribution is -1.97. The summed E-state index contributed by atoms with van der Waals surface area (Å²) in [6, 6.07) is 4.43. The van der Waals surface area contributed by atoms with E-state index in [1.807, 2.05) is 0 Å². The van der Waals surface area contributed by atoms with Gasteiger partial charge in [0, 0.05) is 16.5 Å². The maximum absolute atomic E-state index is 14.0. The van der Waals surface area contributed by atoms with Gasteiger partial charge in [0.05, 0.1) is 12.8 Å². The van der Waals surface area contributed by atoms with Crippen molar-refractivity contribution in [3.63, 3.8) is 0 Å². The van der Waals surface area contributed by atoms with E-state index in [-0.39, 0.29) is 10.6 Å². The molecule has 1 aromatic heterocycles. The van der Waals surface area contributed by atoms with Crippen LogP contribution in [-0.2, 0) is 0 Å². The molecule has 19 heavy (non-hydrogen) atoms. The van der Waals surface area contributed by atoms with Crippen LogP contribution in [0.25, 0.3) is 10.4 Å². The molecule has 0 spiro atoms. The number of nitrogens with two attached hydrogens (primary N) is 1. The number of carboxylic acid groups (broad SMARTS) is 1. The number of nitrogen functional groups attached to an aromatic ring is 1. The van der Waals surface area contributed by atoms with Crippen molar-refractivity contribution in [3.8, 4) is 16.2 Å². The van der Waals surface area contributed by atoms with E-state index in [4.69, 9.17) is 15.6 Å². The van der Waals surface area contributed by atoms with Crippen molar-refractivity contribution in [2.75, 3.05) is 12.8 Å². The predicted molar refractivity (Wildman–Crippen MR) is 72.4 cm³/mol. The second kappa shape index (κ2) is 4.89. The molecule has 1 heterocycles. The van der Waals surface area contributed by atoms with Crippen LogP contribution in [0.5, 0.6) is 5.75 Å². The monoisotopic (exact) mass is 281 g/mol. The van der Waals surface area contributed by atoms with Crippen molar-refractivity contribution in [3.05, 3.63) is 34.5 Å². The number of aromatic carboxylic acids is 1. The topological polar surface area (TPSA) is 72.5 Å². The number of anilines is 1. The van der Waals surface area contributed by atoms with Gasteiger partial charge in [0.25, 0.3) is 0 Å². The van der Waals surface area contributed by atoms with Crippen LogP contribution < -0.4 is 10.5 Å². The first-order valence-electron chi connectivity index (χ1n) is 5.41. The molecule has 0 saturated heterocycles. The second-order valence-electron chi connectivity index (χ2n) is 3.95. The molecule has 2 aromatic rings. The lowest BCUT2D eigenvalue weighted by molar-refractivity contribution is 0.0703. The number of ether oxygens (including phenoxy) is 1. The van der Waals surface area contributed by atoms with Gasteiger partial charge in [-0.2, -0.15) is 0 Å². The summed E-state index contributed by atoms with van der Waals surface area (Å²) in [4.78, 5) is 11.6. The van der Waals surface area contributed by atoms with Gasteiger partial charge in [-0.25, -0.2) is 9.18 Å². The minimum atomic E-state index is -1.11. The quantitative estimate of drug-likeness (QED) is 0.906. The maximum Gasteiger partial charge on any atom is 0.348 e. The van der Waals surface area contributed by atoms with Gasteiger partial charge in [-0.3, -0.25) is 0 Å². The number of carbonyl (C=O) groups is 1. The number of hydrogen-bond acceptors (Lipinski definition) is 4. The van der Waals surface area contributed by atoms with Gasteiger partial charge < -0.3 is 15.6 Å². The lowest BCUT2D eigenvalue weighted by Gasteiger charge is -2.05. The van der Waals surface area contributed by atoms with Gasteiger partial charge >= 0.3 is 5.97 Å². The zero-order valence-electron chi connectivity index (χ0n) is 10.4. The largest absolute Gasteiger partial charge is 0.497 e. The van der Waals surface area contributed by atoms with Crippen LogP contribution in [0, 0.1) is 12.7 Å². The highest BCUT2D eigenvalue weighted by Crippen LogP contribution is 2.39. The highest BCUT2D eigenvalue weighted by atomic mass is 32.1. The standard InChI is InChI=1S/C13H12FNO3S/c1-6-10(15)12(13(16)17)19-11(6)8-4-3-7(18-2)5-9(8)14/h3-5H,15H2,1-2H3,(H,16,17). The Balaban J connectivity index is 2.59. The minimum Gasteiger partial charge on any atom is -0.497 e. The molecule has 0 aliphatic heterocycles. The van der Waals surface area contributed by atoms with Crippen LogP contribution >= 0.6 is 11.3 Å². The van der Waals surface area contributed by atoms with Crippen LogP contribution in [0.2, 0.25) is 0 Å². The summed E-state index contributed by atoms with van der Waals surface area (Å²) in [7, 11) is 1.45. The molecule has 4 nitrogen and oxygen atoms in total. The van der Waals surface area contributed by atoms with Gasteiger partial charge in [0.2, 0.25) is 0 Å². The summed E-state index contributed by atoms with van der Waals surface area (Å²) in [5, 5.41) is 9.02. The molecule has 0 saturated carbocycles. The third-order valence-corrected chi connectivity index (χ3v) is 4.14. The van der Waals surface area contributed by atoms with Gasteiger partial charge in [-0.05, 0) is 24.6 Å². The molecule has 2 rings (SSSR count). The highest BCUT2D eigenvalue weighted by Gasteiger charge is 2.20. The van der Waals surface area contributed by atoms with Crippen molar-refractivity contribution in [1.29, 1.82) is 0 Å². The lowest BCUT2D eigenvalue weighted by atomic mass is 10.1. The molecule has 0 bridgehead atoms. The zero-order valence-corrected chi connectivity index (χ0v) is 11.2. The van der Waals surface area contributed by atoms with E-state index in [0.717, 1.165) is 11.3 Å². The molecule has 0 unspecified atom stereocenters. The van der Waals surface area contributed by atoms with Crippen molar-refractivity contribution >= 4 is 23.0 Å². The molecule has 6 heteroatoms. The fourth-order valence-electron chi connectivity index (χ4n) is 1.75. The SMILES string of the molecule is COc1ccc(-c2sc(C(=O)O)c(N)c2C)c(F)c1. The summed E-state index contributed by atoms with van der Waals surface area (Å²) in [5.41, 5.74) is 6.81. The molecule has 0 fully saturated rings. The number of hydrogen-bond donors (Lipinski definition) is 2. The van der Waals surface area contributed by atoms with Crippen molar-refractivity contribution in [1.82, 2.24) is 0 Å². The van der Waals surface area contributed by atoms with Crippen LogP contribution in [0.15, 0.2) is 18.2 Å². The van der Waals surface area contributed by atoms with Crippen LogP contribution in [0.3, 0.4) is 0 Å². The first-order valence-corrected chi connectivity index (χ1v) is 6.23. The van der Waals surface area contributed by atoms with Crippen molar-refractivity contribution in [2.45, 2.75) is 6.92 Å². The van der Waals surface area contributed by atoms with Gasteiger partial charge in [-0.15, -0.1) is 11.3 Å². The zero-order chi connectivity index (χ0) is 14.2.